The zero-order valence-electron chi connectivity index (χ0n) is 12.3. The first-order chi connectivity index (χ1) is 9.86. The fraction of sp³-hybridized carbons (Fsp3) is 0.333. The molecule has 5 nitrogen and oxygen atoms in total. The van der Waals surface area contributed by atoms with Gasteiger partial charge in [0, 0.05) is 18.6 Å². The number of esters is 1. The molecule has 0 heterocycles. The molecule has 1 unspecified atom stereocenters. The molecule has 0 radical (unpaired) electrons. The van der Waals surface area contributed by atoms with Crippen molar-refractivity contribution in [1.82, 2.24) is 0 Å². The van der Waals surface area contributed by atoms with E-state index >= 15 is 0 Å². The minimum atomic E-state index is -3.80. The summed E-state index contributed by atoms with van der Waals surface area (Å²) in [7, 11) is -3.80. The maximum atomic E-state index is 11.8. The van der Waals surface area contributed by atoms with Gasteiger partial charge in [-0.1, -0.05) is 38.1 Å². The van der Waals surface area contributed by atoms with Gasteiger partial charge in [0.2, 0.25) is 5.52 Å². The molecule has 116 valence electrons. The summed E-state index contributed by atoms with van der Waals surface area (Å²) >= 11 is 0. The van der Waals surface area contributed by atoms with E-state index in [0.29, 0.717) is 6.42 Å². The Bertz CT molecular complexity index is 510. The first-order valence-electron chi connectivity index (χ1n) is 6.56. The predicted molar refractivity (Wildman–Crippen MR) is 82.4 cm³/mol. The van der Waals surface area contributed by atoms with Crippen LogP contribution in [0.4, 0.5) is 0 Å². The van der Waals surface area contributed by atoms with E-state index in [2.05, 4.69) is 11.3 Å². The largest absolute Gasteiger partial charge is 0.435 e. The molecule has 1 rings (SSSR count). The SMILES string of the molecule is C=COC(C)=O.CCCCC(=O)P(=O)(O)c1ccccc1. The number of benzene rings is 1. The third-order valence-corrected chi connectivity index (χ3v) is 4.34. The second-order valence-corrected chi connectivity index (χ2v) is 6.35. The third-order valence-electron chi connectivity index (χ3n) is 2.44. The van der Waals surface area contributed by atoms with Gasteiger partial charge in [0.1, 0.15) is 0 Å². The monoisotopic (exact) mass is 312 g/mol. The summed E-state index contributed by atoms with van der Waals surface area (Å²) in [5.41, 5.74) is -0.546. The molecule has 1 aromatic rings. The van der Waals surface area contributed by atoms with Gasteiger partial charge in [-0.3, -0.25) is 14.2 Å². The summed E-state index contributed by atoms with van der Waals surface area (Å²) in [6, 6.07) is 8.10. The van der Waals surface area contributed by atoms with Crippen molar-refractivity contribution < 1.29 is 23.8 Å². The van der Waals surface area contributed by atoms with Crippen LogP contribution in [-0.4, -0.2) is 16.4 Å². The molecule has 1 N–H and O–H groups in total. The van der Waals surface area contributed by atoms with Crippen molar-refractivity contribution in [1.29, 1.82) is 0 Å². The van der Waals surface area contributed by atoms with Gasteiger partial charge < -0.3 is 9.63 Å². The maximum absolute atomic E-state index is 11.8. The Morgan fingerprint density at radius 2 is 1.90 bits per heavy atom. The molecule has 0 spiro atoms. The minimum Gasteiger partial charge on any atom is -0.435 e. The molecule has 0 saturated carbocycles. The van der Waals surface area contributed by atoms with Crippen LogP contribution in [0.25, 0.3) is 0 Å². The summed E-state index contributed by atoms with van der Waals surface area (Å²) in [6.07, 6.45) is 2.79. The normalized spacial score (nSPS) is 12.3. The molecule has 0 bridgehead atoms. The summed E-state index contributed by atoms with van der Waals surface area (Å²) in [4.78, 5) is 30.9. The van der Waals surface area contributed by atoms with Crippen LogP contribution in [0.1, 0.15) is 33.1 Å². The van der Waals surface area contributed by atoms with Crippen LogP contribution < -0.4 is 5.30 Å². The van der Waals surface area contributed by atoms with Gasteiger partial charge in [-0.2, -0.15) is 0 Å². The van der Waals surface area contributed by atoms with Gasteiger partial charge in [0.15, 0.2) is 0 Å². The molecule has 1 atom stereocenters. The molecule has 0 aliphatic carbocycles. The van der Waals surface area contributed by atoms with E-state index in [9.17, 15) is 19.0 Å². The van der Waals surface area contributed by atoms with E-state index in [0.717, 1.165) is 12.7 Å². The van der Waals surface area contributed by atoms with E-state index in [1.54, 1.807) is 18.2 Å². The highest BCUT2D eigenvalue weighted by Gasteiger charge is 2.29. The molecule has 0 saturated heterocycles. The summed E-state index contributed by atoms with van der Waals surface area (Å²) in [5, 5.41) is 0.228. The number of hydrogen-bond donors (Lipinski definition) is 1. The van der Waals surface area contributed by atoms with Crippen molar-refractivity contribution >= 4 is 24.2 Å². The fourth-order valence-corrected chi connectivity index (χ4v) is 2.70. The Balaban J connectivity index is 0.000000567. The van der Waals surface area contributed by atoms with E-state index in [4.69, 9.17) is 0 Å². The molecule has 6 heteroatoms. The Hall–Kier alpha value is -1.71. The second-order valence-electron chi connectivity index (χ2n) is 4.18. The quantitative estimate of drug-likeness (QED) is 0.496. The molecular weight excluding hydrogens is 291 g/mol. The van der Waals surface area contributed by atoms with Gasteiger partial charge in [-0.05, 0) is 18.6 Å². The van der Waals surface area contributed by atoms with Gasteiger partial charge in [0.05, 0.1) is 6.26 Å². The van der Waals surface area contributed by atoms with Gasteiger partial charge >= 0.3 is 5.97 Å². The molecule has 0 aliphatic rings. The lowest BCUT2D eigenvalue weighted by molar-refractivity contribution is -0.135. The number of carbonyl (C=O) groups is 2. The number of rotatable bonds is 6. The number of unbranched alkanes of at least 4 members (excludes halogenated alkanes) is 1. The van der Waals surface area contributed by atoms with Crippen LogP contribution in [0.2, 0.25) is 0 Å². The van der Waals surface area contributed by atoms with E-state index in [-0.39, 0.29) is 17.7 Å². The summed E-state index contributed by atoms with van der Waals surface area (Å²) < 4.78 is 16.0. The highest BCUT2D eigenvalue weighted by Crippen LogP contribution is 2.41. The molecule has 0 aliphatic heterocycles. The van der Waals surface area contributed by atoms with Crippen molar-refractivity contribution in [2.75, 3.05) is 0 Å². The zero-order chi connectivity index (χ0) is 16.3. The summed E-state index contributed by atoms with van der Waals surface area (Å²) in [6.45, 7) is 6.42. The van der Waals surface area contributed by atoms with Crippen LogP contribution in [0.5, 0.6) is 0 Å². The first-order valence-corrected chi connectivity index (χ1v) is 8.22. The van der Waals surface area contributed by atoms with Gasteiger partial charge in [-0.15, -0.1) is 0 Å². The van der Waals surface area contributed by atoms with E-state index in [1.165, 1.54) is 19.1 Å². The fourth-order valence-electron chi connectivity index (χ4n) is 1.37. The van der Waals surface area contributed by atoms with Gasteiger partial charge in [0.25, 0.3) is 7.37 Å². The van der Waals surface area contributed by atoms with Crippen molar-refractivity contribution in [3.63, 3.8) is 0 Å². The lowest BCUT2D eigenvalue weighted by atomic mass is 10.3. The molecular formula is C15H21O5P. The number of ether oxygens (including phenoxy) is 1. The molecule has 0 aromatic heterocycles. The molecule has 1 aromatic carbocycles. The van der Waals surface area contributed by atoms with Crippen molar-refractivity contribution in [2.24, 2.45) is 0 Å². The lowest BCUT2D eigenvalue weighted by Gasteiger charge is -2.09. The standard InChI is InChI=1S/C11H15O3P.C4H6O2/c1-2-3-9-11(12)15(13,14)10-7-5-4-6-8-10;1-3-6-4(2)5/h4-8H,2-3,9H2,1H3,(H,13,14);3H,1H2,2H3. The zero-order valence-corrected chi connectivity index (χ0v) is 13.2. The Morgan fingerprint density at radius 1 is 1.33 bits per heavy atom. The maximum Gasteiger partial charge on any atom is 0.307 e. The lowest BCUT2D eigenvalue weighted by Crippen LogP contribution is -2.11. The third kappa shape index (κ3) is 7.59. The Labute approximate surface area is 125 Å². The highest BCUT2D eigenvalue weighted by molar-refractivity contribution is 7.82. The number of carbonyl (C=O) groups excluding carboxylic acids is 2. The van der Waals surface area contributed by atoms with Gasteiger partial charge in [-0.25, -0.2) is 0 Å². The summed E-state index contributed by atoms with van der Waals surface area (Å²) in [5.74, 6) is -0.329. The minimum absolute atomic E-state index is 0.180. The molecule has 0 fully saturated rings. The predicted octanol–water partition coefficient (Wildman–Crippen LogP) is 2.99. The van der Waals surface area contributed by atoms with Crippen LogP contribution in [0, 0.1) is 0 Å². The highest BCUT2D eigenvalue weighted by atomic mass is 31.2. The second kappa shape index (κ2) is 10.1. The van der Waals surface area contributed by atoms with Crippen LogP contribution in [0.15, 0.2) is 43.2 Å². The number of hydrogen-bond acceptors (Lipinski definition) is 4. The Morgan fingerprint density at radius 3 is 2.29 bits per heavy atom. The van der Waals surface area contributed by atoms with Crippen LogP contribution in [0.3, 0.4) is 0 Å². The molecule has 21 heavy (non-hydrogen) atoms. The van der Waals surface area contributed by atoms with E-state index < -0.39 is 12.9 Å². The average Bonchev–Trinajstić information content (AvgIpc) is 2.46. The topological polar surface area (TPSA) is 80.7 Å². The average molecular weight is 312 g/mol. The van der Waals surface area contributed by atoms with Crippen LogP contribution in [-0.2, 0) is 18.9 Å². The Kier molecular flexibility index (Phi) is 9.26. The smallest absolute Gasteiger partial charge is 0.307 e. The molecule has 0 amide bonds. The van der Waals surface area contributed by atoms with Crippen LogP contribution >= 0.6 is 7.37 Å². The van der Waals surface area contributed by atoms with Crippen molar-refractivity contribution in [3.8, 4) is 0 Å². The van der Waals surface area contributed by atoms with E-state index in [1.807, 2.05) is 6.92 Å². The van der Waals surface area contributed by atoms with Crippen molar-refractivity contribution in [3.05, 3.63) is 43.2 Å². The van der Waals surface area contributed by atoms with Crippen molar-refractivity contribution in [2.45, 2.75) is 33.1 Å². The first kappa shape index (κ1) is 19.3.